The molecule has 0 bridgehead atoms. The van der Waals surface area contributed by atoms with Crippen molar-refractivity contribution in [2.24, 2.45) is 0 Å². The lowest BCUT2D eigenvalue weighted by atomic mass is 10.1. The van der Waals surface area contributed by atoms with Crippen LogP contribution in [-0.4, -0.2) is 37.2 Å². The Morgan fingerprint density at radius 2 is 0.683 bits per heavy atom. The molecule has 0 spiro atoms. The van der Waals surface area contributed by atoms with Crippen molar-refractivity contribution in [3.8, 4) is 0 Å². The number of ether oxygens (including phenoxy) is 3. The minimum Gasteiger partial charge on any atom is -0.462 e. The summed E-state index contributed by atoms with van der Waals surface area (Å²) in [6.45, 7) is 6.52. The number of carbonyl (C=O) groups excluding carboxylic acids is 3. The highest BCUT2D eigenvalue weighted by Gasteiger charge is 2.19. The molecule has 0 saturated carbocycles. The van der Waals surface area contributed by atoms with Crippen molar-refractivity contribution in [3.05, 3.63) is 60.8 Å². The molecule has 6 nitrogen and oxygen atoms in total. The second-order valence-electron chi connectivity index (χ2n) is 16.7. The molecule has 0 heterocycles. The fourth-order valence-electron chi connectivity index (χ4n) is 6.89. The summed E-state index contributed by atoms with van der Waals surface area (Å²) in [5.41, 5.74) is 0. The van der Waals surface area contributed by atoms with Crippen molar-refractivity contribution in [1.82, 2.24) is 0 Å². The molecule has 0 saturated heterocycles. The van der Waals surface area contributed by atoms with E-state index >= 15 is 0 Å². The van der Waals surface area contributed by atoms with Gasteiger partial charge in [0.2, 0.25) is 0 Å². The monoisotopic (exact) mass is 839 g/mol. The first-order valence-corrected chi connectivity index (χ1v) is 25.3. The maximum atomic E-state index is 12.8. The molecule has 0 aromatic carbocycles. The molecule has 1 unspecified atom stereocenters. The zero-order chi connectivity index (χ0) is 43.7. The predicted molar refractivity (Wildman–Crippen MR) is 256 cm³/mol. The summed E-state index contributed by atoms with van der Waals surface area (Å²) < 4.78 is 16.7. The smallest absolute Gasteiger partial charge is 0.306 e. The first-order chi connectivity index (χ1) is 29.5. The van der Waals surface area contributed by atoms with E-state index in [-0.39, 0.29) is 37.5 Å². The molecule has 346 valence electrons. The minimum atomic E-state index is -0.807. The highest BCUT2D eigenvalue weighted by molar-refractivity contribution is 5.71. The summed E-state index contributed by atoms with van der Waals surface area (Å²) >= 11 is 0. The first-order valence-electron chi connectivity index (χ1n) is 25.3. The van der Waals surface area contributed by atoms with Crippen LogP contribution in [0.15, 0.2) is 60.8 Å². The summed E-state index contributed by atoms with van der Waals surface area (Å²) in [6, 6.07) is 0. The normalized spacial score (nSPS) is 12.5. The summed E-state index contributed by atoms with van der Waals surface area (Å²) in [5, 5.41) is 0. The number of hydrogen-bond acceptors (Lipinski definition) is 6. The Labute approximate surface area is 370 Å². The Kier molecular flexibility index (Phi) is 46.4. The van der Waals surface area contributed by atoms with Crippen molar-refractivity contribution in [2.75, 3.05) is 13.2 Å². The topological polar surface area (TPSA) is 78.9 Å². The molecule has 0 aliphatic heterocycles. The zero-order valence-electron chi connectivity index (χ0n) is 39.5. The van der Waals surface area contributed by atoms with Crippen molar-refractivity contribution in [1.29, 1.82) is 0 Å². The Morgan fingerprint density at radius 3 is 1.18 bits per heavy atom. The Morgan fingerprint density at radius 1 is 0.350 bits per heavy atom. The molecule has 0 aromatic heterocycles. The van der Waals surface area contributed by atoms with Crippen LogP contribution in [0.3, 0.4) is 0 Å². The lowest BCUT2D eigenvalue weighted by molar-refractivity contribution is -0.166. The number of unbranched alkanes of at least 4 members (excludes halogenated alkanes) is 25. The Bertz CT molecular complexity index is 1100. The maximum Gasteiger partial charge on any atom is 0.306 e. The second-order valence-corrected chi connectivity index (χ2v) is 16.7. The Balaban J connectivity index is 4.48. The third-order valence-electron chi connectivity index (χ3n) is 10.8. The van der Waals surface area contributed by atoms with Gasteiger partial charge >= 0.3 is 17.9 Å². The van der Waals surface area contributed by atoms with Crippen LogP contribution in [0, 0.1) is 0 Å². The molecule has 0 rings (SSSR count). The van der Waals surface area contributed by atoms with Crippen LogP contribution in [0.1, 0.15) is 245 Å². The molecule has 0 amide bonds. The zero-order valence-corrected chi connectivity index (χ0v) is 39.5. The highest BCUT2D eigenvalue weighted by Crippen LogP contribution is 2.13. The van der Waals surface area contributed by atoms with Crippen molar-refractivity contribution < 1.29 is 28.6 Å². The van der Waals surface area contributed by atoms with Gasteiger partial charge in [-0.25, -0.2) is 0 Å². The van der Waals surface area contributed by atoms with Gasteiger partial charge in [-0.3, -0.25) is 14.4 Å². The van der Waals surface area contributed by atoms with E-state index in [1.165, 1.54) is 128 Å². The summed E-state index contributed by atoms with van der Waals surface area (Å²) in [6.07, 6.45) is 59.3. The summed E-state index contributed by atoms with van der Waals surface area (Å²) in [5.74, 6) is -0.999. The average molecular weight is 839 g/mol. The minimum absolute atomic E-state index is 0.103. The molecule has 0 aromatic rings. The van der Waals surface area contributed by atoms with E-state index in [2.05, 4.69) is 75.5 Å². The van der Waals surface area contributed by atoms with Crippen LogP contribution < -0.4 is 0 Å². The third-order valence-corrected chi connectivity index (χ3v) is 10.8. The van der Waals surface area contributed by atoms with E-state index in [9.17, 15) is 14.4 Å². The van der Waals surface area contributed by atoms with E-state index in [1.54, 1.807) is 0 Å². The van der Waals surface area contributed by atoms with Gasteiger partial charge in [0, 0.05) is 19.3 Å². The summed E-state index contributed by atoms with van der Waals surface area (Å²) in [4.78, 5) is 37.9. The summed E-state index contributed by atoms with van der Waals surface area (Å²) in [7, 11) is 0. The molecule has 0 radical (unpaired) electrons. The highest BCUT2D eigenvalue weighted by atomic mass is 16.6. The number of carbonyl (C=O) groups is 3. The van der Waals surface area contributed by atoms with E-state index in [0.29, 0.717) is 19.3 Å². The molecule has 0 fully saturated rings. The molecular weight excluding hydrogens is 745 g/mol. The molecular formula is C54H94O6. The third kappa shape index (κ3) is 46.2. The number of esters is 3. The van der Waals surface area contributed by atoms with Crippen molar-refractivity contribution >= 4 is 17.9 Å². The lowest BCUT2D eigenvalue weighted by Crippen LogP contribution is -2.30. The van der Waals surface area contributed by atoms with Gasteiger partial charge in [-0.1, -0.05) is 197 Å². The van der Waals surface area contributed by atoms with Crippen molar-refractivity contribution in [3.63, 3.8) is 0 Å². The molecule has 6 heteroatoms. The molecule has 1 atom stereocenters. The van der Waals surface area contributed by atoms with Gasteiger partial charge in [0.25, 0.3) is 0 Å². The van der Waals surface area contributed by atoms with Gasteiger partial charge < -0.3 is 14.2 Å². The van der Waals surface area contributed by atoms with Crippen LogP contribution in [0.4, 0.5) is 0 Å². The van der Waals surface area contributed by atoms with E-state index in [0.717, 1.165) is 70.6 Å². The van der Waals surface area contributed by atoms with Crippen LogP contribution in [0.5, 0.6) is 0 Å². The molecule has 0 aliphatic carbocycles. The van der Waals surface area contributed by atoms with Crippen molar-refractivity contribution in [2.45, 2.75) is 252 Å². The van der Waals surface area contributed by atoms with Gasteiger partial charge in [-0.15, -0.1) is 0 Å². The molecule has 0 N–H and O–H groups in total. The average Bonchev–Trinajstić information content (AvgIpc) is 3.24. The van der Waals surface area contributed by atoms with Gasteiger partial charge in [0.1, 0.15) is 13.2 Å². The van der Waals surface area contributed by atoms with E-state index in [4.69, 9.17) is 14.2 Å². The number of rotatable bonds is 45. The first kappa shape index (κ1) is 57.1. The van der Waals surface area contributed by atoms with Gasteiger partial charge in [0.15, 0.2) is 6.10 Å². The standard InChI is InChI=1S/C54H94O6/c1-4-7-10-13-16-19-22-25-27-30-32-35-38-41-44-47-53(56)59-50-51(49-58-52(55)46-43-40-37-34-31-28-24-21-18-15-12-9-6-3)60-54(57)48-45-42-39-36-33-29-26-23-20-17-14-11-8-5-2/h16,19,22,25,28-29,31,33,37,40,51H,4-15,17-18,20-21,23-24,26-27,30,32,34-36,38-39,41-50H2,1-3H3/b19-16-,25-22-,31-28-,33-29-,40-37-. The van der Waals surface area contributed by atoms with E-state index in [1.807, 2.05) is 6.08 Å². The van der Waals surface area contributed by atoms with Crippen LogP contribution >= 0.6 is 0 Å². The van der Waals surface area contributed by atoms with E-state index < -0.39 is 6.10 Å². The van der Waals surface area contributed by atoms with Gasteiger partial charge in [-0.05, 0) is 89.9 Å². The molecule has 0 aliphatic rings. The number of allylic oxidation sites excluding steroid dienone is 10. The maximum absolute atomic E-state index is 12.8. The van der Waals surface area contributed by atoms with Gasteiger partial charge in [0.05, 0.1) is 0 Å². The number of hydrogen-bond donors (Lipinski definition) is 0. The fourth-order valence-corrected chi connectivity index (χ4v) is 6.89. The van der Waals surface area contributed by atoms with Crippen LogP contribution in [-0.2, 0) is 28.6 Å². The Hall–Kier alpha value is -2.89. The van der Waals surface area contributed by atoms with Crippen LogP contribution in [0.25, 0.3) is 0 Å². The SMILES string of the molecule is CCCCC/C=C\C=C/CCCCCCCCC(=O)OCC(COC(=O)CC/C=C\C/C=C\CCCCCCCC)OC(=O)CCCCC/C=C\CCCCCCCCC. The second kappa shape index (κ2) is 48.8. The fraction of sp³-hybridized carbons (Fsp3) is 0.759. The lowest BCUT2D eigenvalue weighted by Gasteiger charge is -2.18. The molecule has 60 heavy (non-hydrogen) atoms. The largest absolute Gasteiger partial charge is 0.462 e. The van der Waals surface area contributed by atoms with Gasteiger partial charge in [-0.2, -0.15) is 0 Å². The predicted octanol–water partition coefficient (Wildman–Crippen LogP) is 16.5. The quantitative estimate of drug-likeness (QED) is 0.0200. The van der Waals surface area contributed by atoms with Crippen LogP contribution in [0.2, 0.25) is 0 Å².